The van der Waals surface area contributed by atoms with E-state index in [2.05, 4.69) is 112 Å². The Labute approximate surface area is 190 Å². The van der Waals surface area contributed by atoms with Crippen LogP contribution in [-0.2, 0) is 18.6 Å². The number of hydrogen-bond acceptors (Lipinski definition) is 0. The summed E-state index contributed by atoms with van der Waals surface area (Å²) >= 11 is 0. The maximum absolute atomic E-state index is 2.39. The average Bonchev–Trinajstić information content (AvgIpc) is 3.19. The van der Waals surface area contributed by atoms with Crippen molar-refractivity contribution in [3.8, 4) is 0 Å². The van der Waals surface area contributed by atoms with Gasteiger partial charge in [-0.25, -0.2) is 0 Å². The van der Waals surface area contributed by atoms with Crippen LogP contribution in [0.4, 0.5) is 0 Å². The van der Waals surface area contributed by atoms with Crippen LogP contribution in [-0.4, -0.2) is 16.1 Å². The largest absolute Gasteiger partial charge is 1.00 e. The predicted octanol–water partition coefficient (Wildman–Crippen LogP) is 3.21. The van der Waals surface area contributed by atoms with Crippen molar-refractivity contribution in [2.24, 2.45) is 0 Å². The Morgan fingerprint density at radius 1 is 0.571 bits per heavy atom. The van der Waals surface area contributed by atoms with Crippen LogP contribution < -0.4 is 22.8 Å². The molecule has 0 nitrogen and oxygen atoms in total. The van der Waals surface area contributed by atoms with Crippen molar-refractivity contribution in [3.05, 3.63) is 72.8 Å². The molecular formula is C24H30ClSi2V-3. The fourth-order valence-corrected chi connectivity index (χ4v) is 5.52. The van der Waals surface area contributed by atoms with Crippen molar-refractivity contribution >= 4 is 48.1 Å². The fraction of sp³-hybridized carbons (Fsp3) is 0.250. The third kappa shape index (κ3) is 5.98. The van der Waals surface area contributed by atoms with E-state index >= 15 is 0 Å². The Bertz CT molecular complexity index is 866. The maximum atomic E-state index is 2.39. The summed E-state index contributed by atoms with van der Waals surface area (Å²) in [5.41, 5.74) is 0. The van der Waals surface area contributed by atoms with Crippen LogP contribution in [0, 0.1) is 0 Å². The van der Waals surface area contributed by atoms with Crippen molar-refractivity contribution in [3.63, 3.8) is 0 Å². The predicted molar refractivity (Wildman–Crippen MR) is 125 cm³/mol. The third-order valence-corrected chi connectivity index (χ3v) is 9.01. The summed E-state index contributed by atoms with van der Waals surface area (Å²) in [6.45, 7) is 14.3. The Morgan fingerprint density at radius 2 is 0.893 bits per heavy atom. The third-order valence-electron chi connectivity index (χ3n) is 4.97. The number of halogens is 1. The summed E-state index contributed by atoms with van der Waals surface area (Å²) in [5, 5.41) is 8.68. The summed E-state index contributed by atoms with van der Waals surface area (Å²) in [5.74, 6) is 0. The molecule has 0 aliphatic heterocycles. The molecular weight excluding hydrogens is 431 g/mol. The van der Waals surface area contributed by atoms with Gasteiger partial charge in [-0.3, -0.25) is 0 Å². The Hall–Kier alpha value is -1.03. The molecule has 0 aromatic heterocycles. The minimum Gasteiger partial charge on any atom is -1.00 e. The molecule has 0 saturated carbocycles. The molecule has 0 heterocycles. The Morgan fingerprint density at radius 3 is 1.18 bits per heavy atom. The van der Waals surface area contributed by atoms with Gasteiger partial charge in [0.2, 0.25) is 0 Å². The zero-order valence-electron chi connectivity index (χ0n) is 17.8. The summed E-state index contributed by atoms with van der Waals surface area (Å²) in [6, 6.07) is 26.6. The molecule has 4 aromatic rings. The van der Waals surface area contributed by atoms with Gasteiger partial charge in [-0.05, 0) is 0 Å². The van der Waals surface area contributed by atoms with Gasteiger partial charge in [0.05, 0.1) is 16.1 Å². The first-order valence-corrected chi connectivity index (χ1v) is 16.5. The van der Waals surface area contributed by atoms with E-state index in [1.54, 1.807) is 10.4 Å². The van der Waals surface area contributed by atoms with E-state index in [9.17, 15) is 0 Å². The first-order valence-electron chi connectivity index (χ1n) is 9.46. The molecule has 4 rings (SSSR count). The second kappa shape index (κ2) is 9.65. The van der Waals surface area contributed by atoms with Crippen LogP contribution in [0.15, 0.2) is 72.8 Å². The minimum atomic E-state index is -1.12. The maximum Gasteiger partial charge on any atom is 0.0564 e. The van der Waals surface area contributed by atoms with Crippen LogP contribution in [0.25, 0.3) is 21.5 Å². The van der Waals surface area contributed by atoms with E-state index in [0.29, 0.717) is 0 Å². The quantitative estimate of drug-likeness (QED) is 0.318. The van der Waals surface area contributed by atoms with Gasteiger partial charge in [-0.2, -0.15) is 22.9 Å². The zero-order chi connectivity index (χ0) is 18.9. The van der Waals surface area contributed by atoms with Gasteiger partial charge in [0.25, 0.3) is 0 Å². The van der Waals surface area contributed by atoms with Crippen LogP contribution in [0.5, 0.6) is 0 Å². The van der Waals surface area contributed by atoms with E-state index in [4.69, 9.17) is 0 Å². The molecule has 0 saturated heterocycles. The zero-order valence-corrected chi connectivity index (χ0v) is 21.9. The van der Waals surface area contributed by atoms with E-state index < -0.39 is 16.1 Å². The van der Waals surface area contributed by atoms with E-state index in [0.717, 1.165) is 0 Å². The molecule has 149 valence electrons. The van der Waals surface area contributed by atoms with Crippen molar-refractivity contribution in [2.45, 2.75) is 39.3 Å². The van der Waals surface area contributed by atoms with Crippen LogP contribution in [0.2, 0.25) is 39.3 Å². The second-order valence-corrected chi connectivity index (χ2v) is 19.4. The molecule has 1 radical (unpaired) electrons. The molecule has 0 fully saturated rings. The first-order chi connectivity index (χ1) is 12.1. The monoisotopic (exact) mass is 460 g/mol. The van der Waals surface area contributed by atoms with Gasteiger partial charge in [0.1, 0.15) is 0 Å². The van der Waals surface area contributed by atoms with Crippen LogP contribution in [0.3, 0.4) is 0 Å². The van der Waals surface area contributed by atoms with Gasteiger partial charge in [-0.1, -0.05) is 51.4 Å². The summed E-state index contributed by atoms with van der Waals surface area (Å²) in [7, 11) is -2.23. The number of fused-ring (bicyclic) bond motifs is 2. The molecule has 0 atom stereocenters. The molecule has 0 bridgehead atoms. The van der Waals surface area contributed by atoms with Crippen LogP contribution in [0.1, 0.15) is 0 Å². The molecule has 0 aliphatic rings. The average molecular weight is 461 g/mol. The van der Waals surface area contributed by atoms with E-state index in [-0.39, 0.29) is 31.0 Å². The molecule has 28 heavy (non-hydrogen) atoms. The first kappa shape index (κ1) is 25.0. The molecule has 4 aromatic carbocycles. The summed E-state index contributed by atoms with van der Waals surface area (Å²) < 4.78 is 0. The smallest absolute Gasteiger partial charge is 0.0564 e. The molecule has 0 N–H and O–H groups in total. The van der Waals surface area contributed by atoms with Crippen LogP contribution >= 0.6 is 0 Å². The molecule has 0 amide bonds. The number of benzene rings is 2. The Balaban J connectivity index is 0.000000261. The Kier molecular flexibility index (Phi) is 8.61. The SMILES string of the molecule is C[Si](C)(C)c1cc2ccccc2[cH-]1.C[Si](C)(C)c1cc2ccccc2[cH-]1.[Cl-].[V]. The fourth-order valence-electron chi connectivity index (χ4n) is 3.17. The standard InChI is InChI=1S/2C12H15Si.ClH.V/c2*1-13(2,3)12-8-10-6-4-5-7-11(10)9-12;;/h2*4-9H,1-3H3;1H;/q2*-1;;/p-1. The van der Waals surface area contributed by atoms with Gasteiger partial charge in [-0.15, -0.1) is 69.7 Å². The normalized spacial score (nSPS) is 11.4. The van der Waals surface area contributed by atoms with Gasteiger partial charge in [0, 0.05) is 18.6 Å². The molecule has 4 heteroatoms. The topological polar surface area (TPSA) is 0 Å². The minimum absolute atomic E-state index is 0. The van der Waals surface area contributed by atoms with Gasteiger partial charge < -0.3 is 12.4 Å². The van der Waals surface area contributed by atoms with Crippen molar-refractivity contribution in [2.75, 3.05) is 0 Å². The van der Waals surface area contributed by atoms with E-state index in [1.165, 1.54) is 21.5 Å². The van der Waals surface area contributed by atoms with Crippen molar-refractivity contribution in [1.29, 1.82) is 0 Å². The molecule has 0 aliphatic carbocycles. The van der Waals surface area contributed by atoms with Gasteiger partial charge >= 0.3 is 0 Å². The molecule has 0 spiro atoms. The van der Waals surface area contributed by atoms with E-state index in [1.807, 2.05) is 0 Å². The summed E-state index contributed by atoms with van der Waals surface area (Å²) in [4.78, 5) is 0. The number of hydrogen-bond donors (Lipinski definition) is 0. The summed E-state index contributed by atoms with van der Waals surface area (Å²) in [6.07, 6.45) is 0. The van der Waals surface area contributed by atoms with Gasteiger partial charge in [0.15, 0.2) is 0 Å². The van der Waals surface area contributed by atoms with Crippen molar-refractivity contribution in [1.82, 2.24) is 0 Å². The number of rotatable bonds is 2. The molecule has 0 unspecified atom stereocenters. The second-order valence-electron chi connectivity index (χ2n) is 9.25. The van der Waals surface area contributed by atoms with Crippen molar-refractivity contribution < 1.29 is 31.0 Å².